The highest BCUT2D eigenvalue weighted by molar-refractivity contribution is 7.90. The molecule has 4 rings (SSSR count). The first kappa shape index (κ1) is 17.0. The van der Waals surface area contributed by atoms with E-state index in [9.17, 15) is 8.42 Å². The lowest BCUT2D eigenvalue weighted by atomic mass is 10.0. The van der Waals surface area contributed by atoms with Crippen molar-refractivity contribution in [1.82, 2.24) is 14.3 Å². The lowest BCUT2D eigenvalue weighted by Crippen LogP contribution is -2.14. The van der Waals surface area contributed by atoms with Crippen molar-refractivity contribution in [3.63, 3.8) is 0 Å². The van der Waals surface area contributed by atoms with E-state index in [2.05, 4.69) is 10.3 Å². The fraction of sp³-hybridized carbons (Fsp3) is 0.250. The summed E-state index contributed by atoms with van der Waals surface area (Å²) < 4.78 is 28.1. The summed E-state index contributed by atoms with van der Waals surface area (Å²) in [7, 11) is -1.84. The number of nitrogens with one attached hydrogen (secondary N) is 1. The van der Waals surface area contributed by atoms with Crippen LogP contribution in [-0.4, -0.2) is 24.4 Å². The van der Waals surface area contributed by atoms with Crippen LogP contribution in [0.2, 0.25) is 0 Å². The van der Waals surface area contributed by atoms with Crippen LogP contribution in [0.15, 0.2) is 66.0 Å². The van der Waals surface area contributed by atoms with Gasteiger partial charge in [-0.25, -0.2) is 12.4 Å². The highest BCUT2D eigenvalue weighted by atomic mass is 32.2. The summed E-state index contributed by atoms with van der Waals surface area (Å²) in [5.74, 6) is 0.430. The lowest BCUT2D eigenvalue weighted by molar-refractivity contribution is 0.587. The Hall–Kier alpha value is -2.44. The highest BCUT2D eigenvalue weighted by Gasteiger charge is 2.34. The molecule has 1 N–H and O–H groups in total. The molecule has 0 bridgehead atoms. The maximum atomic E-state index is 13.3. The first-order valence-electron chi connectivity index (χ1n) is 8.72. The largest absolute Gasteiger partial charge is 0.316 e. The van der Waals surface area contributed by atoms with E-state index in [1.54, 1.807) is 24.5 Å². The maximum Gasteiger partial charge on any atom is 0.269 e. The minimum atomic E-state index is -3.72. The Morgan fingerprint density at radius 2 is 1.92 bits per heavy atom. The van der Waals surface area contributed by atoms with E-state index in [1.165, 1.54) is 10.2 Å². The van der Waals surface area contributed by atoms with Crippen LogP contribution in [0.1, 0.15) is 29.9 Å². The predicted octanol–water partition coefficient (Wildman–Crippen LogP) is 3.38. The molecule has 1 fully saturated rings. The Bertz CT molecular complexity index is 1010. The molecule has 0 spiro atoms. The van der Waals surface area contributed by atoms with Gasteiger partial charge in [0.2, 0.25) is 0 Å². The predicted molar refractivity (Wildman–Crippen MR) is 101 cm³/mol. The molecule has 0 saturated heterocycles. The Morgan fingerprint density at radius 3 is 2.54 bits per heavy atom. The molecule has 6 heteroatoms. The number of rotatable bonds is 6. The van der Waals surface area contributed by atoms with Crippen molar-refractivity contribution >= 4 is 10.0 Å². The average molecular weight is 367 g/mol. The van der Waals surface area contributed by atoms with Gasteiger partial charge < -0.3 is 5.32 Å². The average Bonchev–Trinajstić information content (AvgIpc) is 3.44. The topological polar surface area (TPSA) is 64.0 Å². The van der Waals surface area contributed by atoms with Crippen molar-refractivity contribution in [1.29, 1.82) is 0 Å². The molecule has 0 amide bonds. The van der Waals surface area contributed by atoms with Crippen LogP contribution in [-0.2, 0) is 16.6 Å². The number of benzene rings is 1. The van der Waals surface area contributed by atoms with Gasteiger partial charge in [-0.1, -0.05) is 30.3 Å². The molecular weight excluding hydrogens is 346 g/mol. The van der Waals surface area contributed by atoms with Crippen molar-refractivity contribution in [2.24, 2.45) is 0 Å². The first-order chi connectivity index (χ1) is 12.6. The number of pyridine rings is 1. The molecule has 0 aliphatic heterocycles. The van der Waals surface area contributed by atoms with Gasteiger partial charge in [0.15, 0.2) is 0 Å². The zero-order valence-corrected chi connectivity index (χ0v) is 15.4. The van der Waals surface area contributed by atoms with Crippen molar-refractivity contribution in [2.45, 2.75) is 30.2 Å². The van der Waals surface area contributed by atoms with Gasteiger partial charge in [0, 0.05) is 25.1 Å². The van der Waals surface area contributed by atoms with E-state index in [-0.39, 0.29) is 4.90 Å². The van der Waals surface area contributed by atoms with E-state index in [4.69, 9.17) is 0 Å². The van der Waals surface area contributed by atoms with Gasteiger partial charge in [0.05, 0.1) is 5.69 Å². The smallest absolute Gasteiger partial charge is 0.269 e. The van der Waals surface area contributed by atoms with Gasteiger partial charge in [-0.2, -0.15) is 0 Å². The molecule has 1 aliphatic rings. The van der Waals surface area contributed by atoms with E-state index in [1.807, 2.05) is 37.4 Å². The van der Waals surface area contributed by atoms with Crippen LogP contribution >= 0.6 is 0 Å². The second kappa shape index (κ2) is 6.70. The zero-order chi connectivity index (χ0) is 18.1. The standard InChI is InChI=1S/C20H21N3O2S/c1-21-12-17-14-23(26(24,25)18-8-5-11-22-13-18)20(19(17)15-9-10-15)16-6-3-2-4-7-16/h2-8,11,13-15,21H,9-10,12H2,1H3. The third-order valence-electron chi connectivity index (χ3n) is 4.69. The van der Waals surface area contributed by atoms with Crippen LogP contribution in [0.4, 0.5) is 0 Å². The number of nitrogens with zero attached hydrogens (tertiary/aromatic N) is 2. The van der Waals surface area contributed by atoms with Gasteiger partial charge in [0.1, 0.15) is 4.90 Å². The van der Waals surface area contributed by atoms with Gasteiger partial charge >= 0.3 is 0 Å². The summed E-state index contributed by atoms with van der Waals surface area (Å²) in [6, 6.07) is 13.0. The Balaban J connectivity index is 1.99. The summed E-state index contributed by atoms with van der Waals surface area (Å²) >= 11 is 0. The summed E-state index contributed by atoms with van der Waals surface area (Å²) in [6.07, 6.45) is 6.96. The summed E-state index contributed by atoms with van der Waals surface area (Å²) in [6.45, 7) is 0.640. The van der Waals surface area contributed by atoms with Gasteiger partial charge in [-0.3, -0.25) is 4.98 Å². The molecule has 1 aliphatic carbocycles. The molecule has 2 aromatic heterocycles. The van der Waals surface area contributed by atoms with E-state index >= 15 is 0 Å². The number of hydrogen-bond acceptors (Lipinski definition) is 4. The quantitative estimate of drug-likeness (QED) is 0.725. The lowest BCUT2D eigenvalue weighted by Gasteiger charge is -2.12. The normalized spacial score (nSPS) is 14.5. The van der Waals surface area contributed by atoms with E-state index in [0.29, 0.717) is 12.5 Å². The monoisotopic (exact) mass is 367 g/mol. The van der Waals surface area contributed by atoms with Crippen molar-refractivity contribution in [3.05, 3.63) is 72.2 Å². The molecule has 134 valence electrons. The van der Waals surface area contributed by atoms with Crippen molar-refractivity contribution in [3.8, 4) is 11.3 Å². The molecule has 0 radical (unpaired) electrons. The van der Waals surface area contributed by atoms with Gasteiger partial charge in [-0.05, 0) is 54.6 Å². The molecule has 0 unspecified atom stereocenters. The Morgan fingerprint density at radius 1 is 1.15 bits per heavy atom. The molecule has 1 saturated carbocycles. The van der Waals surface area contributed by atoms with E-state index in [0.717, 1.165) is 35.2 Å². The van der Waals surface area contributed by atoms with Crippen LogP contribution in [0.25, 0.3) is 11.3 Å². The molecule has 26 heavy (non-hydrogen) atoms. The minimum Gasteiger partial charge on any atom is -0.316 e. The highest BCUT2D eigenvalue weighted by Crippen LogP contribution is 2.47. The molecule has 0 atom stereocenters. The van der Waals surface area contributed by atoms with Crippen LogP contribution < -0.4 is 5.32 Å². The number of hydrogen-bond donors (Lipinski definition) is 1. The fourth-order valence-electron chi connectivity index (χ4n) is 3.39. The second-order valence-electron chi connectivity index (χ2n) is 6.58. The molecular formula is C20H21N3O2S. The molecule has 2 heterocycles. The first-order valence-corrected chi connectivity index (χ1v) is 10.2. The maximum absolute atomic E-state index is 13.3. The zero-order valence-electron chi connectivity index (χ0n) is 14.6. The van der Waals surface area contributed by atoms with Gasteiger partial charge in [-0.15, -0.1) is 0 Å². The minimum absolute atomic E-state index is 0.200. The Labute approximate surface area is 153 Å². The molecule has 5 nitrogen and oxygen atoms in total. The summed E-state index contributed by atoms with van der Waals surface area (Å²) in [5, 5.41) is 3.17. The number of aromatic nitrogens is 2. The Kier molecular flexibility index (Phi) is 4.38. The van der Waals surface area contributed by atoms with Crippen LogP contribution in [0.3, 0.4) is 0 Å². The SMILES string of the molecule is CNCc1cn(S(=O)(=O)c2cccnc2)c(-c2ccccc2)c1C1CC1. The van der Waals surface area contributed by atoms with Gasteiger partial charge in [0.25, 0.3) is 10.0 Å². The summed E-state index contributed by atoms with van der Waals surface area (Å²) in [4.78, 5) is 4.19. The molecule has 3 aromatic rings. The van der Waals surface area contributed by atoms with Crippen LogP contribution in [0, 0.1) is 0 Å². The summed E-state index contributed by atoms with van der Waals surface area (Å²) in [5.41, 5.74) is 3.89. The molecule has 1 aromatic carbocycles. The fourth-order valence-corrected chi connectivity index (χ4v) is 4.77. The third-order valence-corrected chi connectivity index (χ3v) is 6.33. The van der Waals surface area contributed by atoms with Crippen molar-refractivity contribution < 1.29 is 8.42 Å². The third kappa shape index (κ3) is 2.95. The van der Waals surface area contributed by atoms with Crippen LogP contribution in [0.5, 0.6) is 0 Å². The second-order valence-corrected chi connectivity index (χ2v) is 8.39. The van der Waals surface area contributed by atoms with Crippen molar-refractivity contribution in [2.75, 3.05) is 7.05 Å². The van der Waals surface area contributed by atoms with E-state index < -0.39 is 10.0 Å².